The molecule has 0 saturated carbocycles. The van der Waals surface area contributed by atoms with E-state index in [0.29, 0.717) is 23.9 Å². The molecule has 122 valence electrons. The van der Waals surface area contributed by atoms with E-state index in [2.05, 4.69) is 27.4 Å². The number of hydrogen-bond donors (Lipinski definition) is 2. The molecular weight excluding hydrogens is 292 g/mol. The summed E-state index contributed by atoms with van der Waals surface area (Å²) in [6.07, 6.45) is 4.11. The maximum absolute atomic E-state index is 12.0. The molecular formula is C17H22N4O2. The molecule has 0 radical (unpaired) electrons. The molecule has 0 aliphatic carbocycles. The van der Waals surface area contributed by atoms with Crippen molar-refractivity contribution < 1.29 is 9.21 Å². The van der Waals surface area contributed by atoms with E-state index in [-0.39, 0.29) is 12.1 Å². The van der Waals surface area contributed by atoms with E-state index < -0.39 is 0 Å². The standard InChI is InChI=1S/C17H22N4O2/c1-4-7-13(5-2)18-17(22)19-14-10-8-12(9-11-14)16-21-20-15(6-3)23-16/h4,8-11,13H,1,5-7H2,2-3H3,(H2,18,19,22)/t13-/m0/s1. The number of benzene rings is 1. The Kier molecular flexibility index (Phi) is 5.91. The summed E-state index contributed by atoms with van der Waals surface area (Å²) in [7, 11) is 0. The summed E-state index contributed by atoms with van der Waals surface area (Å²) in [6.45, 7) is 7.68. The van der Waals surface area contributed by atoms with E-state index in [1.165, 1.54) is 0 Å². The van der Waals surface area contributed by atoms with Crippen LogP contribution >= 0.6 is 0 Å². The zero-order valence-electron chi connectivity index (χ0n) is 13.5. The zero-order chi connectivity index (χ0) is 16.7. The van der Waals surface area contributed by atoms with E-state index in [1.54, 1.807) is 18.2 Å². The van der Waals surface area contributed by atoms with Crippen molar-refractivity contribution in [1.82, 2.24) is 15.5 Å². The first kappa shape index (κ1) is 16.7. The van der Waals surface area contributed by atoms with Gasteiger partial charge in [-0.3, -0.25) is 0 Å². The summed E-state index contributed by atoms with van der Waals surface area (Å²) in [5.74, 6) is 1.09. The lowest BCUT2D eigenvalue weighted by atomic mass is 10.1. The highest BCUT2D eigenvalue weighted by Gasteiger charge is 2.10. The van der Waals surface area contributed by atoms with Crippen molar-refractivity contribution >= 4 is 11.7 Å². The van der Waals surface area contributed by atoms with Crippen LogP contribution in [0.4, 0.5) is 10.5 Å². The van der Waals surface area contributed by atoms with Crippen LogP contribution in [0.25, 0.3) is 11.5 Å². The smallest absolute Gasteiger partial charge is 0.319 e. The lowest BCUT2D eigenvalue weighted by molar-refractivity contribution is 0.248. The van der Waals surface area contributed by atoms with Crippen LogP contribution in [0, 0.1) is 0 Å². The maximum atomic E-state index is 12.0. The Balaban J connectivity index is 1.96. The lowest BCUT2D eigenvalue weighted by Crippen LogP contribution is -2.37. The van der Waals surface area contributed by atoms with E-state index in [1.807, 2.05) is 26.0 Å². The molecule has 6 heteroatoms. The van der Waals surface area contributed by atoms with Crippen molar-refractivity contribution in [3.8, 4) is 11.5 Å². The highest BCUT2D eigenvalue weighted by atomic mass is 16.4. The minimum atomic E-state index is -0.225. The Morgan fingerprint density at radius 3 is 2.61 bits per heavy atom. The predicted molar refractivity (Wildman–Crippen MR) is 90.2 cm³/mol. The molecule has 0 aliphatic rings. The summed E-state index contributed by atoms with van der Waals surface area (Å²) in [5.41, 5.74) is 1.52. The number of anilines is 1. The minimum absolute atomic E-state index is 0.0950. The van der Waals surface area contributed by atoms with E-state index in [4.69, 9.17) is 4.42 Å². The molecule has 1 aromatic heterocycles. The summed E-state index contributed by atoms with van der Waals surface area (Å²) in [4.78, 5) is 12.0. The van der Waals surface area contributed by atoms with Crippen molar-refractivity contribution in [2.24, 2.45) is 0 Å². The largest absolute Gasteiger partial charge is 0.421 e. The van der Waals surface area contributed by atoms with Crippen LogP contribution in [0.1, 0.15) is 32.6 Å². The van der Waals surface area contributed by atoms with Gasteiger partial charge in [-0.15, -0.1) is 16.8 Å². The van der Waals surface area contributed by atoms with Crippen molar-refractivity contribution in [2.45, 2.75) is 39.2 Å². The number of aryl methyl sites for hydroxylation is 1. The van der Waals surface area contributed by atoms with Gasteiger partial charge in [0.2, 0.25) is 11.8 Å². The number of nitrogens with one attached hydrogen (secondary N) is 2. The second-order valence-electron chi connectivity index (χ2n) is 5.16. The lowest BCUT2D eigenvalue weighted by Gasteiger charge is -2.15. The molecule has 0 unspecified atom stereocenters. The van der Waals surface area contributed by atoms with Crippen molar-refractivity contribution in [1.29, 1.82) is 0 Å². The average molecular weight is 314 g/mol. The number of nitrogens with zero attached hydrogens (tertiary/aromatic N) is 2. The highest BCUT2D eigenvalue weighted by Crippen LogP contribution is 2.20. The molecule has 2 rings (SSSR count). The Bertz CT molecular complexity index is 649. The number of urea groups is 1. The molecule has 2 aromatic rings. The Labute approximate surface area is 136 Å². The van der Waals surface area contributed by atoms with Gasteiger partial charge in [-0.05, 0) is 37.1 Å². The van der Waals surface area contributed by atoms with E-state index in [9.17, 15) is 4.79 Å². The first-order chi connectivity index (χ1) is 11.2. The van der Waals surface area contributed by atoms with Crippen LogP contribution in [-0.4, -0.2) is 22.3 Å². The minimum Gasteiger partial charge on any atom is -0.421 e. The monoisotopic (exact) mass is 314 g/mol. The second kappa shape index (κ2) is 8.12. The SMILES string of the molecule is C=CC[C@H](CC)NC(=O)Nc1ccc(-c2nnc(CC)o2)cc1. The first-order valence-electron chi connectivity index (χ1n) is 7.77. The normalized spacial score (nSPS) is 11.7. The van der Waals surface area contributed by atoms with Gasteiger partial charge < -0.3 is 15.1 Å². The van der Waals surface area contributed by atoms with Gasteiger partial charge in [0.25, 0.3) is 0 Å². The number of carbonyl (C=O) groups is 1. The molecule has 0 aliphatic heterocycles. The first-order valence-corrected chi connectivity index (χ1v) is 7.77. The number of amides is 2. The van der Waals surface area contributed by atoms with Gasteiger partial charge in [-0.25, -0.2) is 4.79 Å². The maximum Gasteiger partial charge on any atom is 0.319 e. The quantitative estimate of drug-likeness (QED) is 0.762. The molecule has 1 atom stereocenters. The van der Waals surface area contributed by atoms with E-state index >= 15 is 0 Å². The third kappa shape index (κ3) is 4.67. The van der Waals surface area contributed by atoms with Crippen LogP contribution < -0.4 is 10.6 Å². The Hall–Kier alpha value is -2.63. The van der Waals surface area contributed by atoms with Gasteiger partial charge in [-0.1, -0.05) is 19.9 Å². The molecule has 2 amide bonds. The predicted octanol–water partition coefficient (Wildman–Crippen LogP) is 3.78. The van der Waals surface area contributed by atoms with Crippen molar-refractivity contribution in [3.05, 3.63) is 42.8 Å². The van der Waals surface area contributed by atoms with Gasteiger partial charge in [0, 0.05) is 23.7 Å². The molecule has 2 N–H and O–H groups in total. The number of rotatable bonds is 7. The molecule has 0 fully saturated rings. The Morgan fingerprint density at radius 2 is 2.04 bits per heavy atom. The molecule has 1 aromatic carbocycles. The molecule has 1 heterocycles. The average Bonchev–Trinajstić information content (AvgIpc) is 3.04. The zero-order valence-corrected chi connectivity index (χ0v) is 13.5. The van der Waals surface area contributed by atoms with Gasteiger partial charge in [-0.2, -0.15) is 0 Å². The fraction of sp³-hybridized carbons (Fsp3) is 0.353. The van der Waals surface area contributed by atoms with Crippen molar-refractivity contribution in [3.63, 3.8) is 0 Å². The summed E-state index contributed by atoms with van der Waals surface area (Å²) < 4.78 is 5.50. The molecule has 6 nitrogen and oxygen atoms in total. The molecule has 0 saturated heterocycles. The summed E-state index contributed by atoms with van der Waals surface area (Å²) in [6, 6.07) is 7.15. The fourth-order valence-corrected chi connectivity index (χ4v) is 2.09. The van der Waals surface area contributed by atoms with Gasteiger partial charge in [0.1, 0.15) is 0 Å². The van der Waals surface area contributed by atoms with Gasteiger partial charge in [0.05, 0.1) is 0 Å². The van der Waals surface area contributed by atoms with Crippen molar-refractivity contribution in [2.75, 3.05) is 5.32 Å². The van der Waals surface area contributed by atoms with Crippen LogP contribution in [0.3, 0.4) is 0 Å². The van der Waals surface area contributed by atoms with Crippen LogP contribution in [0.15, 0.2) is 41.3 Å². The highest BCUT2D eigenvalue weighted by molar-refractivity contribution is 5.89. The molecule has 23 heavy (non-hydrogen) atoms. The summed E-state index contributed by atoms with van der Waals surface area (Å²) >= 11 is 0. The van der Waals surface area contributed by atoms with Gasteiger partial charge in [0.15, 0.2) is 0 Å². The number of carbonyl (C=O) groups excluding carboxylic acids is 1. The topological polar surface area (TPSA) is 80.0 Å². The summed E-state index contributed by atoms with van der Waals surface area (Å²) in [5, 5.41) is 13.7. The van der Waals surface area contributed by atoms with Crippen LogP contribution in [-0.2, 0) is 6.42 Å². The third-order valence-electron chi connectivity index (χ3n) is 3.44. The van der Waals surface area contributed by atoms with E-state index in [0.717, 1.165) is 18.4 Å². The van der Waals surface area contributed by atoms with Crippen LogP contribution in [0.5, 0.6) is 0 Å². The molecule has 0 bridgehead atoms. The second-order valence-corrected chi connectivity index (χ2v) is 5.16. The molecule has 0 spiro atoms. The Morgan fingerprint density at radius 1 is 1.30 bits per heavy atom. The fourth-order valence-electron chi connectivity index (χ4n) is 2.09. The number of aromatic nitrogens is 2. The van der Waals surface area contributed by atoms with Gasteiger partial charge >= 0.3 is 6.03 Å². The third-order valence-corrected chi connectivity index (χ3v) is 3.44. The number of hydrogen-bond acceptors (Lipinski definition) is 4. The van der Waals surface area contributed by atoms with Crippen LogP contribution in [0.2, 0.25) is 0 Å².